The predicted molar refractivity (Wildman–Crippen MR) is 69.3 cm³/mol. The maximum atomic E-state index is 5.12. The van der Waals surface area contributed by atoms with Gasteiger partial charge in [-0.05, 0) is 23.8 Å². The van der Waals surface area contributed by atoms with Crippen molar-refractivity contribution in [1.82, 2.24) is 20.3 Å². The van der Waals surface area contributed by atoms with E-state index in [2.05, 4.69) is 25.6 Å². The molecule has 0 aliphatic carbocycles. The van der Waals surface area contributed by atoms with Crippen LogP contribution in [0.3, 0.4) is 0 Å². The normalized spacial score (nSPS) is 9.65. The molecule has 17 heavy (non-hydrogen) atoms. The average molecular weight is 245 g/mol. The molecule has 0 spiro atoms. The second kappa shape index (κ2) is 5.86. The van der Waals surface area contributed by atoms with Crippen LogP contribution >= 0.6 is 12.2 Å². The number of hydrogen-bond acceptors (Lipinski definition) is 4. The van der Waals surface area contributed by atoms with Gasteiger partial charge in [0.05, 0.1) is 6.20 Å². The molecule has 6 heteroatoms. The van der Waals surface area contributed by atoms with E-state index in [4.69, 9.17) is 12.2 Å². The number of hydrogen-bond donors (Lipinski definition) is 2. The molecule has 0 bridgehead atoms. The highest BCUT2D eigenvalue weighted by molar-refractivity contribution is 7.80. The van der Waals surface area contributed by atoms with Gasteiger partial charge >= 0.3 is 0 Å². The smallest absolute Gasteiger partial charge is 0.172 e. The van der Waals surface area contributed by atoms with E-state index < -0.39 is 0 Å². The molecule has 2 rings (SSSR count). The van der Waals surface area contributed by atoms with Crippen molar-refractivity contribution in [3.8, 4) is 0 Å². The molecule has 0 radical (unpaired) electrons. The highest BCUT2D eigenvalue weighted by Gasteiger charge is 1.98. The average Bonchev–Trinajstić information content (AvgIpc) is 2.39. The topological polar surface area (TPSA) is 62.7 Å². The Balaban J connectivity index is 1.83. The second-order valence-corrected chi connectivity index (χ2v) is 3.67. The molecule has 2 aromatic rings. The monoisotopic (exact) mass is 245 g/mol. The van der Waals surface area contributed by atoms with Crippen molar-refractivity contribution in [3.05, 3.63) is 48.7 Å². The third-order valence-electron chi connectivity index (χ3n) is 1.98. The fourth-order valence-corrected chi connectivity index (χ4v) is 1.39. The summed E-state index contributed by atoms with van der Waals surface area (Å²) in [5, 5.41) is 6.51. The Morgan fingerprint density at radius 1 is 1.18 bits per heavy atom. The Hall–Kier alpha value is -2.08. The largest absolute Gasteiger partial charge is 0.358 e. The lowest BCUT2D eigenvalue weighted by Gasteiger charge is -2.08. The number of rotatable bonds is 3. The summed E-state index contributed by atoms with van der Waals surface area (Å²) >= 11 is 5.12. The first-order valence-corrected chi connectivity index (χ1v) is 5.45. The van der Waals surface area contributed by atoms with Crippen LogP contribution < -0.4 is 10.6 Å². The van der Waals surface area contributed by atoms with Crippen molar-refractivity contribution in [1.29, 1.82) is 0 Å². The van der Waals surface area contributed by atoms with Crippen molar-refractivity contribution in [2.24, 2.45) is 0 Å². The fourth-order valence-electron chi connectivity index (χ4n) is 1.21. The number of anilines is 1. The quantitative estimate of drug-likeness (QED) is 0.796. The van der Waals surface area contributed by atoms with Crippen LogP contribution in [0.1, 0.15) is 5.56 Å². The molecule has 0 atom stereocenters. The molecule has 0 unspecified atom stereocenters. The van der Waals surface area contributed by atoms with E-state index >= 15 is 0 Å². The van der Waals surface area contributed by atoms with Crippen molar-refractivity contribution in [2.75, 3.05) is 5.32 Å². The van der Waals surface area contributed by atoms with Crippen LogP contribution in [0, 0.1) is 0 Å². The maximum absolute atomic E-state index is 5.12. The molecule has 2 aromatic heterocycles. The van der Waals surface area contributed by atoms with Gasteiger partial charge in [-0.15, -0.1) is 0 Å². The standard InChI is InChI=1S/C11H11N5S/c17-11(16-10-8-13-4-5-14-10)15-7-9-2-1-3-12-6-9/h1-6,8H,7H2,(H2,14,15,16,17). The summed E-state index contributed by atoms with van der Waals surface area (Å²) in [5.74, 6) is 0.621. The molecule has 0 saturated heterocycles. The summed E-state index contributed by atoms with van der Waals surface area (Å²) in [6, 6.07) is 3.86. The number of nitrogens with one attached hydrogen (secondary N) is 2. The van der Waals surface area contributed by atoms with Crippen LogP contribution in [0.4, 0.5) is 5.82 Å². The number of nitrogens with zero attached hydrogens (tertiary/aromatic N) is 3. The SMILES string of the molecule is S=C(NCc1cccnc1)Nc1cnccn1. The Morgan fingerprint density at radius 3 is 2.76 bits per heavy atom. The zero-order chi connectivity index (χ0) is 11.9. The first-order chi connectivity index (χ1) is 8.34. The third-order valence-corrected chi connectivity index (χ3v) is 2.23. The van der Waals surface area contributed by atoms with Crippen LogP contribution in [-0.2, 0) is 6.54 Å². The van der Waals surface area contributed by atoms with Crippen molar-refractivity contribution in [3.63, 3.8) is 0 Å². The van der Waals surface area contributed by atoms with Crippen LogP contribution in [-0.4, -0.2) is 20.1 Å². The Morgan fingerprint density at radius 2 is 2.06 bits per heavy atom. The predicted octanol–water partition coefficient (Wildman–Crippen LogP) is 1.36. The minimum absolute atomic E-state index is 0.509. The van der Waals surface area contributed by atoms with E-state index in [9.17, 15) is 0 Å². The summed E-state index contributed by atoms with van der Waals surface area (Å²) in [6.45, 7) is 0.625. The molecule has 0 saturated carbocycles. The molecule has 86 valence electrons. The fraction of sp³-hybridized carbons (Fsp3) is 0.0909. The third kappa shape index (κ3) is 3.76. The summed E-state index contributed by atoms with van der Waals surface area (Å²) in [5.41, 5.74) is 1.07. The first kappa shape index (κ1) is 11.4. The molecule has 2 N–H and O–H groups in total. The second-order valence-electron chi connectivity index (χ2n) is 3.26. The van der Waals surface area contributed by atoms with Gasteiger partial charge in [-0.1, -0.05) is 6.07 Å². The van der Waals surface area contributed by atoms with E-state index in [-0.39, 0.29) is 0 Å². The summed E-state index contributed by atoms with van der Waals surface area (Å²) in [4.78, 5) is 12.0. The molecule has 0 fully saturated rings. The van der Waals surface area contributed by atoms with Crippen LogP contribution in [0.25, 0.3) is 0 Å². The van der Waals surface area contributed by atoms with Crippen LogP contribution in [0.5, 0.6) is 0 Å². The van der Waals surface area contributed by atoms with E-state index in [1.807, 2.05) is 12.1 Å². The first-order valence-electron chi connectivity index (χ1n) is 5.04. The minimum atomic E-state index is 0.509. The number of thiocarbonyl (C=S) groups is 1. The highest BCUT2D eigenvalue weighted by atomic mass is 32.1. The van der Waals surface area contributed by atoms with Gasteiger partial charge in [-0.3, -0.25) is 9.97 Å². The minimum Gasteiger partial charge on any atom is -0.358 e. The zero-order valence-corrected chi connectivity index (χ0v) is 9.81. The van der Waals surface area contributed by atoms with Gasteiger partial charge in [0.15, 0.2) is 10.9 Å². The Kier molecular flexibility index (Phi) is 3.93. The summed E-state index contributed by atoms with van der Waals surface area (Å²) in [7, 11) is 0. The van der Waals surface area contributed by atoms with Gasteiger partial charge in [0, 0.05) is 31.3 Å². The zero-order valence-electron chi connectivity index (χ0n) is 9.00. The van der Waals surface area contributed by atoms with Crippen LogP contribution in [0.2, 0.25) is 0 Å². The van der Waals surface area contributed by atoms with Gasteiger partial charge in [-0.2, -0.15) is 0 Å². The molecule has 0 aromatic carbocycles. The summed E-state index contributed by atoms with van der Waals surface area (Å²) in [6.07, 6.45) is 8.35. The Labute approximate surface area is 104 Å². The molecular weight excluding hydrogens is 234 g/mol. The summed E-state index contributed by atoms with van der Waals surface area (Å²) < 4.78 is 0. The molecule has 2 heterocycles. The Bertz CT molecular complexity index is 474. The highest BCUT2D eigenvalue weighted by Crippen LogP contribution is 1.98. The molecule has 0 aliphatic heterocycles. The van der Waals surface area contributed by atoms with Crippen molar-refractivity contribution < 1.29 is 0 Å². The number of aromatic nitrogens is 3. The van der Waals surface area contributed by atoms with Gasteiger partial charge in [0.2, 0.25) is 0 Å². The van der Waals surface area contributed by atoms with E-state index in [1.54, 1.807) is 31.0 Å². The lowest BCUT2D eigenvalue weighted by molar-refractivity contribution is 0.915. The number of pyridine rings is 1. The van der Waals surface area contributed by atoms with E-state index in [0.717, 1.165) is 5.56 Å². The van der Waals surface area contributed by atoms with E-state index in [1.165, 1.54) is 0 Å². The van der Waals surface area contributed by atoms with Gasteiger partial charge in [-0.25, -0.2) is 4.98 Å². The maximum Gasteiger partial charge on any atom is 0.172 e. The lowest BCUT2D eigenvalue weighted by atomic mass is 10.3. The van der Waals surface area contributed by atoms with Crippen molar-refractivity contribution >= 4 is 23.1 Å². The lowest BCUT2D eigenvalue weighted by Crippen LogP contribution is -2.28. The molecule has 0 amide bonds. The molecule has 0 aliphatic rings. The molecular formula is C11H11N5S. The van der Waals surface area contributed by atoms with Gasteiger partial charge in [0.1, 0.15) is 0 Å². The molecule has 5 nitrogen and oxygen atoms in total. The van der Waals surface area contributed by atoms with Gasteiger partial charge < -0.3 is 10.6 Å². The van der Waals surface area contributed by atoms with Crippen LogP contribution in [0.15, 0.2) is 43.1 Å². The van der Waals surface area contributed by atoms with Gasteiger partial charge in [0.25, 0.3) is 0 Å². The van der Waals surface area contributed by atoms with E-state index in [0.29, 0.717) is 17.5 Å². The van der Waals surface area contributed by atoms with Crippen molar-refractivity contribution in [2.45, 2.75) is 6.54 Å².